The van der Waals surface area contributed by atoms with Gasteiger partial charge in [-0.25, -0.2) is 13.1 Å². The van der Waals surface area contributed by atoms with E-state index in [1.165, 1.54) is 0 Å². The molecule has 0 spiro atoms. The maximum absolute atomic E-state index is 11.3. The lowest BCUT2D eigenvalue weighted by Crippen LogP contribution is -2.50. The van der Waals surface area contributed by atoms with Crippen LogP contribution < -0.4 is 10.0 Å². The summed E-state index contributed by atoms with van der Waals surface area (Å²) in [7, 11) is -3.25. The normalized spacial score (nSPS) is 14.3. The monoisotopic (exact) mass is 338 g/mol. The first-order chi connectivity index (χ1) is 9.00. The predicted octanol–water partition coefficient (Wildman–Crippen LogP) is 2.97. The fourth-order valence-corrected chi connectivity index (χ4v) is 3.44. The first-order valence-corrected chi connectivity index (χ1v) is 8.82. The van der Waals surface area contributed by atoms with E-state index < -0.39 is 15.6 Å². The number of rotatable bonds is 6. The van der Waals surface area contributed by atoms with Crippen molar-refractivity contribution in [3.05, 3.63) is 33.8 Å². The van der Waals surface area contributed by atoms with Crippen LogP contribution >= 0.6 is 23.2 Å². The Morgan fingerprint density at radius 1 is 1.30 bits per heavy atom. The molecule has 1 rings (SSSR count). The van der Waals surface area contributed by atoms with Crippen LogP contribution in [0.3, 0.4) is 0 Å². The van der Waals surface area contributed by atoms with Crippen LogP contribution in [0, 0.1) is 0 Å². The summed E-state index contributed by atoms with van der Waals surface area (Å²) in [5.74, 6) is 0. The largest absolute Gasteiger partial charge is 0.308 e. The molecule has 0 radical (unpaired) electrons. The Morgan fingerprint density at radius 2 is 1.90 bits per heavy atom. The molecule has 2 N–H and O–H groups in total. The minimum Gasteiger partial charge on any atom is -0.308 e. The highest BCUT2D eigenvalue weighted by molar-refractivity contribution is 7.88. The van der Waals surface area contributed by atoms with Crippen LogP contribution in [0.2, 0.25) is 10.0 Å². The Bertz CT molecular complexity index is 574. The van der Waals surface area contributed by atoms with Crippen molar-refractivity contribution in [2.24, 2.45) is 0 Å². The summed E-state index contributed by atoms with van der Waals surface area (Å²) in [6.45, 7) is 6.04. The first kappa shape index (κ1) is 17.7. The third-order valence-corrected chi connectivity index (χ3v) is 4.24. The summed E-state index contributed by atoms with van der Waals surface area (Å²) in [4.78, 5) is 0. The lowest BCUT2D eigenvalue weighted by Gasteiger charge is -2.28. The zero-order valence-corrected chi connectivity index (χ0v) is 14.3. The van der Waals surface area contributed by atoms with Crippen molar-refractivity contribution in [3.8, 4) is 0 Å². The van der Waals surface area contributed by atoms with E-state index in [1.807, 2.05) is 20.8 Å². The summed E-state index contributed by atoms with van der Waals surface area (Å²) in [6.07, 6.45) is 1.14. The second-order valence-electron chi connectivity index (χ2n) is 5.53. The maximum Gasteiger partial charge on any atom is 0.209 e. The Balaban J connectivity index is 2.72. The molecule has 0 aliphatic carbocycles. The van der Waals surface area contributed by atoms with Crippen LogP contribution in [0.15, 0.2) is 18.2 Å². The van der Waals surface area contributed by atoms with Gasteiger partial charge in [0.15, 0.2) is 0 Å². The number of halogens is 2. The van der Waals surface area contributed by atoms with Crippen molar-refractivity contribution in [1.82, 2.24) is 10.0 Å². The first-order valence-electron chi connectivity index (χ1n) is 6.17. The molecule has 1 aromatic rings. The Labute approximate surface area is 130 Å². The van der Waals surface area contributed by atoms with Crippen molar-refractivity contribution in [3.63, 3.8) is 0 Å². The maximum atomic E-state index is 11.3. The van der Waals surface area contributed by atoms with Crippen molar-refractivity contribution < 1.29 is 8.42 Å². The molecule has 0 aliphatic rings. The summed E-state index contributed by atoms with van der Waals surface area (Å²) >= 11 is 12.1. The molecule has 1 unspecified atom stereocenters. The van der Waals surface area contributed by atoms with E-state index in [1.54, 1.807) is 18.2 Å². The third-order valence-electron chi connectivity index (χ3n) is 2.74. The van der Waals surface area contributed by atoms with Crippen LogP contribution in [0.5, 0.6) is 0 Å². The second kappa shape index (κ2) is 6.62. The molecule has 0 aliphatic heterocycles. The lowest BCUT2D eigenvalue weighted by molar-refractivity contribution is 0.399. The average Bonchev–Trinajstić information content (AvgIpc) is 2.26. The Morgan fingerprint density at radius 3 is 2.45 bits per heavy atom. The highest BCUT2D eigenvalue weighted by atomic mass is 35.5. The van der Waals surface area contributed by atoms with E-state index in [0.717, 1.165) is 11.8 Å². The molecule has 4 nitrogen and oxygen atoms in total. The molecular weight excluding hydrogens is 319 g/mol. The fraction of sp³-hybridized carbons (Fsp3) is 0.538. The molecule has 1 aromatic carbocycles. The molecule has 7 heteroatoms. The van der Waals surface area contributed by atoms with Gasteiger partial charge in [0.25, 0.3) is 0 Å². The third kappa shape index (κ3) is 5.97. The number of hydrogen-bond donors (Lipinski definition) is 2. The number of sulfonamides is 1. The van der Waals surface area contributed by atoms with Crippen molar-refractivity contribution >= 4 is 33.2 Å². The smallest absolute Gasteiger partial charge is 0.209 e. The summed E-state index contributed by atoms with van der Waals surface area (Å²) in [5.41, 5.74) is 0.293. The summed E-state index contributed by atoms with van der Waals surface area (Å²) in [5, 5.41) is 4.51. The molecule has 1 atom stereocenters. The Hall–Kier alpha value is -0.330. The van der Waals surface area contributed by atoms with Crippen molar-refractivity contribution in [2.45, 2.75) is 32.4 Å². The van der Waals surface area contributed by atoms with Crippen LogP contribution in [0.25, 0.3) is 0 Å². The van der Waals surface area contributed by atoms with Crippen LogP contribution in [0.4, 0.5) is 0 Å². The van der Waals surface area contributed by atoms with E-state index in [0.29, 0.717) is 16.6 Å². The highest BCUT2D eigenvalue weighted by Gasteiger charge is 2.23. The molecule has 0 fully saturated rings. The van der Waals surface area contributed by atoms with Crippen LogP contribution in [0.1, 0.15) is 32.4 Å². The van der Waals surface area contributed by atoms with E-state index in [2.05, 4.69) is 10.0 Å². The summed E-state index contributed by atoms with van der Waals surface area (Å²) < 4.78 is 25.1. The minimum absolute atomic E-state index is 0.0400. The van der Waals surface area contributed by atoms with Gasteiger partial charge in [0, 0.05) is 28.2 Å². The topological polar surface area (TPSA) is 58.2 Å². The molecule has 0 heterocycles. The molecule has 0 amide bonds. The van der Waals surface area contributed by atoms with Gasteiger partial charge in [-0.3, -0.25) is 0 Å². The van der Waals surface area contributed by atoms with Crippen LogP contribution in [-0.2, 0) is 10.0 Å². The predicted molar refractivity (Wildman–Crippen MR) is 84.9 cm³/mol. The zero-order chi connectivity index (χ0) is 15.6. The molecule has 20 heavy (non-hydrogen) atoms. The van der Waals surface area contributed by atoms with Crippen molar-refractivity contribution in [1.29, 1.82) is 0 Å². The highest BCUT2D eigenvalue weighted by Crippen LogP contribution is 2.26. The molecule has 0 bridgehead atoms. The van der Waals surface area contributed by atoms with Crippen LogP contribution in [-0.4, -0.2) is 26.8 Å². The number of nitrogens with one attached hydrogen (secondary N) is 2. The van der Waals surface area contributed by atoms with Gasteiger partial charge in [-0.05, 0) is 44.5 Å². The van der Waals surface area contributed by atoms with Gasteiger partial charge in [-0.1, -0.05) is 23.2 Å². The van der Waals surface area contributed by atoms with Gasteiger partial charge in [-0.15, -0.1) is 0 Å². The van der Waals surface area contributed by atoms with E-state index in [9.17, 15) is 8.42 Å². The Kier molecular flexibility index (Phi) is 5.87. The molecule has 0 saturated carbocycles. The van der Waals surface area contributed by atoms with Gasteiger partial charge in [-0.2, -0.15) is 0 Å². The van der Waals surface area contributed by atoms with Gasteiger partial charge in [0.1, 0.15) is 0 Å². The lowest BCUT2D eigenvalue weighted by atomic mass is 10.0. The fourth-order valence-electron chi connectivity index (χ4n) is 1.90. The average molecular weight is 339 g/mol. The van der Waals surface area contributed by atoms with Gasteiger partial charge < -0.3 is 5.32 Å². The molecular formula is C13H20Cl2N2O2S. The quantitative estimate of drug-likeness (QED) is 0.838. The molecule has 0 saturated heterocycles. The number of benzene rings is 1. The molecule has 0 aromatic heterocycles. The van der Waals surface area contributed by atoms with Gasteiger partial charge >= 0.3 is 0 Å². The van der Waals surface area contributed by atoms with Gasteiger partial charge in [0.05, 0.1) is 6.26 Å². The zero-order valence-electron chi connectivity index (χ0n) is 12.0. The minimum atomic E-state index is -3.25. The van der Waals surface area contributed by atoms with E-state index in [4.69, 9.17) is 23.2 Å². The SMILES string of the molecule is CC(NCC(C)(C)NS(C)(=O)=O)c1cc(Cl)ccc1Cl. The van der Waals surface area contributed by atoms with E-state index in [-0.39, 0.29) is 6.04 Å². The van der Waals surface area contributed by atoms with Crippen molar-refractivity contribution in [2.75, 3.05) is 12.8 Å². The standard InChI is InChI=1S/C13H20Cl2N2O2S/c1-9(11-7-10(14)5-6-12(11)15)16-8-13(2,3)17-20(4,18)19/h5-7,9,16-17H,8H2,1-4H3. The van der Waals surface area contributed by atoms with E-state index >= 15 is 0 Å². The second-order valence-corrected chi connectivity index (χ2v) is 8.12. The number of hydrogen-bond acceptors (Lipinski definition) is 3. The molecule has 114 valence electrons. The van der Waals surface area contributed by atoms with Gasteiger partial charge in [0.2, 0.25) is 10.0 Å². The summed E-state index contributed by atoms with van der Waals surface area (Å²) in [6, 6.07) is 5.24.